The molecule has 0 saturated heterocycles. The van der Waals surface area contributed by atoms with E-state index in [1.807, 2.05) is 0 Å². The molecule has 5 nitrogen and oxygen atoms in total. The minimum Gasteiger partial charge on any atom is -0.508 e. The van der Waals surface area contributed by atoms with Crippen LogP contribution in [0.3, 0.4) is 0 Å². The fraction of sp³-hybridized carbons (Fsp3) is 0.0526. The predicted octanol–water partition coefficient (Wildman–Crippen LogP) is 5.89. The minimum atomic E-state index is -5.10. The van der Waals surface area contributed by atoms with Gasteiger partial charge in [-0.25, -0.2) is 0 Å². The van der Waals surface area contributed by atoms with Gasteiger partial charge in [-0.2, -0.15) is 8.42 Å². The van der Waals surface area contributed by atoms with Crippen molar-refractivity contribution in [3.05, 3.63) is 91.4 Å². The lowest BCUT2D eigenvalue weighted by molar-refractivity contribution is 0.440. The lowest BCUT2D eigenvalue weighted by atomic mass is 9.83. The van der Waals surface area contributed by atoms with Gasteiger partial charge in [0.2, 0.25) is 0 Å². The van der Waals surface area contributed by atoms with Crippen LogP contribution in [0.1, 0.15) is 16.7 Å². The van der Waals surface area contributed by atoms with Gasteiger partial charge in [0.05, 0.1) is 10.0 Å². The molecule has 29 heavy (non-hydrogen) atoms. The molecule has 0 amide bonds. The highest BCUT2D eigenvalue weighted by molar-refractivity contribution is 7.87. The van der Waals surface area contributed by atoms with Crippen molar-refractivity contribution in [2.75, 3.05) is 0 Å². The Labute approximate surface area is 186 Å². The fourth-order valence-corrected chi connectivity index (χ4v) is 5.49. The Balaban J connectivity index is 2.63. The van der Waals surface area contributed by atoms with Crippen LogP contribution in [-0.2, 0) is 14.9 Å². The second-order valence-corrected chi connectivity index (χ2v) is 9.31. The molecule has 10 heteroatoms. The van der Waals surface area contributed by atoms with Crippen molar-refractivity contribution in [1.29, 1.82) is 0 Å². The van der Waals surface area contributed by atoms with Crippen LogP contribution in [0.25, 0.3) is 0 Å². The molecule has 0 heterocycles. The van der Waals surface area contributed by atoms with Crippen molar-refractivity contribution < 1.29 is 23.2 Å². The molecule has 152 valence electrons. The molecule has 0 aromatic heterocycles. The van der Waals surface area contributed by atoms with Crippen LogP contribution >= 0.6 is 46.4 Å². The van der Waals surface area contributed by atoms with E-state index in [9.17, 15) is 23.2 Å². The number of halogens is 4. The number of hydrogen-bond acceptors (Lipinski definition) is 4. The molecule has 0 aliphatic rings. The molecule has 0 aliphatic heterocycles. The average Bonchev–Trinajstić information content (AvgIpc) is 2.63. The summed E-state index contributed by atoms with van der Waals surface area (Å²) < 4.78 is 34.0. The van der Waals surface area contributed by atoms with Crippen molar-refractivity contribution in [2.24, 2.45) is 0 Å². The van der Waals surface area contributed by atoms with Gasteiger partial charge in [0.15, 0.2) is 10.5 Å². The maximum atomic E-state index is 13.0. The van der Waals surface area contributed by atoms with E-state index in [0.29, 0.717) is 0 Å². The van der Waals surface area contributed by atoms with Crippen molar-refractivity contribution in [3.63, 3.8) is 0 Å². The van der Waals surface area contributed by atoms with Crippen molar-refractivity contribution in [1.82, 2.24) is 0 Å². The first-order valence-corrected chi connectivity index (χ1v) is 10.8. The lowest BCUT2D eigenvalue weighted by Crippen LogP contribution is -2.38. The van der Waals surface area contributed by atoms with Crippen LogP contribution in [-0.4, -0.2) is 23.2 Å². The van der Waals surface area contributed by atoms with Crippen LogP contribution in [0.15, 0.2) is 54.6 Å². The third-order valence-corrected chi connectivity index (χ3v) is 6.99. The summed E-state index contributed by atoms with van der Waals surface area (Å²) in [5.41, 5.74) is -0.531. The van der Waals surface area contributed by atoms with Crippen LogP contribution in [0.4, 0.5) is 0 Å². The summed E-state index contributed by atoms with van der Waals surface area (Å²) in [6.45, 7) is 0. The van der Waals surface area contributed by atoms with E-state index in [1.165, 1.54) is 36.4 Å². The zero-order valence-corrected chi connectivity index (χ0v) is 18.1. The maximum Gasteiger partial charge on any atom is 0.283 e. The van der Waals surface area contributed by atoms with Gasteiger partial charge in [0.1, 0.15) is 5.75 Å². The summed E-state index contributed by atoms with van der Waals surface area (Å²) in [6.07, 6.45) is 0. The summed E-state index contributed by atoms with van der Waals surface area (Å²) in [6, 6.07) is 11.8. The summed E-state index contributed by atoms with van der Waals surface area (Å²) >= 11 is 24.4. The van der Waals surface area contributed by atoms with E-state index in [2.05, 4.69) is 0 Å². The second kappa shape index (κ2) is 7.87. The van der Waals surface area contributed by atoms with Crippen LogP contribution < -0.4 is 0 Å². The number of rotatable bonds is 4. The number of aromatic hydroxyl groups is 2. The zero-order chi connectivity index (χ0) is 21.6. The summed E-state index contributed by atoms with van der Waals surface area (Å²) in [5.74, 6) is -0.955. The summed E-state index contributed by atoms with van der Waals surface area (Å²) in [5, 5.41) is 20.0. The van der Waals surface area contributed by atoms with Crippen LogP contribution in [0.2, 0.25) is 20.1 Å². The number of phenolic OH excluding ortho intramolecular Hbond substituents is 2. The zero-order valence-electron chi connectivity index (χ0n) is 14.3. The van der Waals surface area contributed by atoms with Gasteiger partial charge >= 0.3 is 0 Å². The van der Waals surface area contributed by atoms with Gasteiger partial charge in [0.25, 0.3) is 10.1 Å². The lowest BCUT2D eigenvalue weighted by Gasteiger charge is -2.34. The molecule has 0 aliphatic carbocycles. The number of benzene rings is 3. The Morgan fingerprint density at radius 1 is 0.759 bits per heavy atom. The largest absolute Gasteiger partial charge is 0.508 e. The Morgan fingerprint density at radius 2 is 1.34 bits per heavy atom. The molecule has 0 fully saturated rings. The van der Waals surface area contributed by atoms with Gasteiger partial charge in [-0.05, 0) is 42.0 Å². The first-order chi connectivity index (χ1) is 13.5. The highest BCUT2D eigenvalue weighted by Crippen LogP contribution is 2.51. The normalized spacial score (nSPS) is 13.8. The van der Waals surface area contributed by atoms with E-state index in [0.717, 1.165) is 12.1 Å². The topological polar surface area (TPSA) is 94.8 Å². The molecule has 1 atom stereocenters. The molecule has 0 spiro atoms. The van der Waals surface area contributed by atoms with Gasteiger partial charge in [-0.15, -0.1) is 0 Å². The Hall–Kier alpha value is -1.67. The number of hydrogen-bond donors (Lipinski definition) is 3. The van der Waals surface area contributed by atoms with E-state index < -0.39 is 26.4 Å². The smallest absolute Gasteiger partial charge is 0.283 e. The van der Waals surface area contributed by atoms with Crippen LogP contribution in [0.5, 0.6) is 11.5 Å². The second-order valence-electron chi connectivity index (χ2n) is 6.09. The van der Waals surface area contributed by atoms with Crippen molar-refractivity contribution in [2.45, 2.75) is 4.75 Å². The van der Waals surface area contributed by atoms with E-state index >= 15 is 0 Å². The minimum absolute atomic E-state index is 0.0233. The summed E-state index contributed by atoms with van der Waals surface area (Å²) in [4.78, 5) is 0. The third-order valence-electron chi connectivity index (χ3n) is 4.40. The molecular weight excluding hydrogens is 482 g/mol. The van der Waals surface area contributed by atoms with E-state index in [4.69, 9.17) is 46.4 Å². The predicted molar refractivity (Wildman–Crippen MR) is 114 cm³/mol. The highest BCUT2D eigenvalue weighted by Gasteiger charge is 2.51. The monoisotopic (exact) mass is 492 g/mol. The molecule has 0 bridgehead atoms. The summed E-state index contributed by atoms with van der Waals surface area (Å²) in [7, 11) is -5.10. The molecule has 0 radical (unpaired) electrons. The van der Waals surface area contributed by atoms with Crippen LogP contribution in [0, 0.1) is 0 Å². The van der Waals surface area contributed by atoms with Gasteiger partial charge in [-0.3, -0.25) is 4.55 Å². The molecule has 3 rings (SSSR count). The SMILES string of the molecule is O=S(=O)(O)C(c1cc(Cl)c(O)c(Cl)c1)(c1cc(Cl)ccc1O)c1ccccc1Cl. The van der Waals surface area contributed by atoms with Gasteiger partial charge in [-0.1, -0.05) is 64.6 Å². The molecule has 3 N–H and O–H groups in total. The third kappa shape index (κ3) is 3.65. The Morgan fingerprint density at radius 3 is 1.90 bits per heavy atom. The quantitative estimate of drug-likeness (QED) is 0.311. The van der Waals surface area contributed by atoms with Crippen molar-refractivity contribution >= 4 is 56.5 Å². The molecule has 3 aromatic rings. The highest BCUT2D eigenvalue weighted by atomic mass is 35.5. The first kappa shape index (κ1) is 22.0. The molecule has 0 saturated carbocycles. The first-order valence-electron chi connectivity index (χ1n) is 7.89. The standard InChI is InChI=1S/C19H12Cl4O5S/c20-11-5-6-17(24)13(9-11)19(29(26,27)28,12-3-1-2-4-14(12)21)10-7-15(22)18(25)16(23)8-10/h1-9,24-25H,(H,26,27,28). The molecule has 3 aromatic carbocycles. The number of phenols is 2. The van der Waals surface area contributed by atoms with E-state index in [-0.39, 0.29) is 36.8 Å². The molecule has 1 unspecified atom stereocenters. The van der Waals surface area contributed by atoms with Crippen molar-refractivity contribution in [3.8, 4) is 11.5 Å². The maximum absolute atomic E-state index is 13.0. The van der Waals surface area contributed by atoms with E-state index in [1.54, 1.807) is 6.07 Å². The van der Waals surface area contributed by atoms with Gasteiger partial charge < -0.3 is 10.2 Å². The molecular formula is C19H12Cl4O5S. The average molecular weight is 494 g/mol. The Bertz CT molecular complexity index is 1190. The Kier molecular flexibility index (Phi) is 5.98. The van der Waals surface area contributed by atoms with Gasteiger partial charge in [0, 0.05) is 21.2 Å². The fourth-order valence-electron chi connectivity index (χ4n) is 3.19.